The van der Waals surface area contributed by atoms with E-state index in [2.05, 4.69) is 39.8 Å². The maximum Gasteiger partial charge on any atom is 0.320 e. The number of likely N-dealkylation sites (N-methyl/N-ethyl adjacent to an activating group) is 1. The molecular weight excluding hydrogens is 322 g/mol. The minimum atomic E-state index is -0.177. The zero-order valence-corrected chi connectivity index (χ0v) is 14.4. The van der Waals surface area contributed by atoms with Gasteiger partial charge >= 0.3 is 5.97 Å². The van der Waals surface area contributed by atoms with Crippen molar-refractivity contribution in [3.05, 3.63) is 15.9 Å². The van der Waals surface area contributed by atoms with E-state index in [0.717, 1.165) is 35.4 Å². The fourth-order valence-electron chi connectivity index (χ4n) is 2.05. The lowest BCUT2D eigenvalue weighted by Gasteiger charge is -2.20. The van der Waals surface area contributed by atoms with Crippen molar-refractivity contribution in [1.82, 2.24) is 14.7 Å². The number of aromatic nitrogens is 2. The van der Waals surface area contributed by atoms with Gasteiger partial charge < -0.3 is 4.74 Å². The molecule has 0 aromatic carbocycles. The zero-order chi connectivity index (χ0) is 15.1. The van der Waals surface area contributed by atoms with E-state index in [1.807, 2.05) is 18.5 Å². The van der Waals surface area contributed by atoms with Crippen molar-refractivity contribution >= 4 is 21.9 Å². The molecule has 0 radical (unpaired) electrons. The fraction of sp³-hybridized carbons (Fsp3) is 0.714. The Morgan fingerprint density at radius 1 is 1.35 bits per heavy atom. The first-order valence-electron chi connectivity index (χ1n) is 7.19. The van der Waals surface area contributed by atoms with Crippen LogP contribution in [0, 0.1) is 0 Å². The van der Waals surface area contributed by atoms with Crippen LogP contribution >= 0.6 is 15.9 Å². The molecular formula is C14H24BrN3O2. The highest BCUT2D eigenvalue weighted by molar-refractivity contribution is 9.10. The van der Waals surface area contributed by atoms with Gasteiger partial charge in [0, 0.05) is 13.1 Å². The van der Waals surface area contributed by atoms with E-state index in [9.17, 15) is 4.79 Å². The normalized spacial score (nSPS) is 11.1. The average molecular weight is 346 g/mol. The van der Waals surface area contributed by atoms with Crippen LogP contribution in [0.5, 0.6) is 0 Å². The number of carbonyl (C=O) groups is 1. The first kappa shape index (κ1) is 17.2. The van der Waals surface area contributed by atoms with Crippen LogP contribution in [0.2, 0.25) is 0 Å². The molecule has 0 fully saturated rings. The largest absolute Gasteiger partial charge is 0.465 e. The average Bonchev–Trinajstić information content (AvgIpc) is 2.74. The second kappa shape index (κ2) is 8.42. The van der Waals surface area contributed by atoms with Crippen LogP contribution in [0.15, 0.2) is 4.47 Å². The Kier molecular flexibility index (Phi) is 7.23. The minimum absolute atomic E-state index is 0.177. The number of ether oxygens (including phenoxy) is 1. The molecule has 1 aromatic heterocycles. The predicted octanol–water partition coefficient (Wildman–Crippen LogP) is 2.61. The molecule has 114 valence electrons. The maximum absolute atomic E-state index is 11.6. The molecule has 0 aliphatic heterocycles. The van der Waals surface area contributed by atoms with E-state index in [-0.39, 0.29) is 5.97 Å². The van der Waals surface area contributed by atoms with Gasteiger partial charge in [0.05, 0.1) is 29.0 Å². The Morgan fingerprint density at radius 3 is 2.55 bits per heavy atom. The molecule has 0 unspecified atom stereocenters. The maximum atomic E-state index is 11.6. The van der Waals surface area contributed by atoms with Crippen LogP contribution in [-0.4, -0.2) is 40.3 Å². The molecule has 0 bridgehead atoms. The van der Waals surface area contributed by atoms with Gasteiger partial charge in [-0.15, -0.1) is 0 Å². The quantitative estimate of drug-likeness (QED) is 0.679. The lowest BCUT2D eigenvalue weighted by atomic mass is 10.3. The molecule has 0 atom stereocenters. The van der Waals surface area contributed by atoms with Crippen molar-refractivity contribution < 1.29 is 9.53 Å². The van der Waals surface area contributed by atoms with Gasteiger partial charge in [0.2, 0.25) is 0 Å². The van der Waals surface area contributed by atoms with Crippen LogP contribution in [0.1, 0.15) is 39.1 Å². The summed E-state index contributed by atoms with van der Waals surface area (Å²) in [5.41, 5.74) is 2.18. The fourth-order valence-corrected chi connectivity index (χ4v) is 2.74. The van der Waals surface area contributed by atoms with Crippen LogP contribution < -0.4 is 0 Å². The van der Waals surface area contributed by atoms with E-state index in [1.165, 1.54) is 0 Å². The lowest BCUT2D eigenvalue weighted by Crippen LogP contribution is -2.31. The predicted molar refractivity (Wildman–Crippen MR) is 82.6 cm³/mol. The van der Waals surface area contributed by atoms with Gasteiger partial charge in [-0.25, -0.2) is 0 Å². The Labute approximate surface area is 129 Å². The molecule has 0 saturated heterocycles. The zero-order valence-electron chi connectivity index (χ0n) is 12.8. The number of hydrogen-bond donors (Lipinski definition) is 0. The van der Waals surface area contributed by atoms with Gasteiger partial charge in [-0.2, -0.15) is 5.10 Å². The number of aryl methyl sites for hydroxylation is 2. The summed E-state index contributed by atoms with van der Waals surface area (Å²) < 4.78 is 8.07. The summed E-state index contributed by atoms with van der Waals surface area (Å²) >= 11 is 3.63. The summed E-state index contributed by atoms with van der Waals surface area (Å²) in [6.07, 6.45) is 0.893. The number of rotatable bonds is 8. The summed E-state index contributed by atoms with van der Waals surface area (Å²) in [4.78, 5) is 13.7. The topological polar surface area (TPSA) is 47.4 Å². The number of carbonyl (C=O) groups excluding carboxylic acids is 1. The molecule has 20 heavy (non-hydrogen) atoms. The highest BCUT2D eigenvalue weighted by atomic mass is 79.9. The van der Waals surface area contributed by atoms with Crippen LogP contribution in [0.3, 0.4) is 0 Å². The number of hydrogen-bond acceptors (Lipinski definition) is 4. The van der Waals surface area contributed by atoms with Gasteiger partial charge in [0.25, 0.3) is 0 Å². The van der Waals surface area contributed by atoms with E-state index < -0.39 is 0 Å². The highest BCUT2D eigenvalue weighted by Gasteiger charge is 2.18. The first-order valence-corrected chi connectivity index (χ1v) is 7.98. The molecule has 1 aromatic rings. The molecule has 0 saturated carbocycles. The van der Waals surface area contributed by atoms with Gasteiger partial charge in [-0.3, -0.25) is 14.4 Å². The summed E-state index contributed by atoms with van der Waals surface area (Å²) in [6, 6.07) is 0. The standard InChI is InChI=1S/C14H24BrN3O2/c1-5-11-14(15)12(18(7-3)16-11)9-17(6-2)10-13(19)20-8-4/h5-10H2,1-4H3. The van der Waals surface area contributed by atoms with E-state index >= 15 is 0 Å². The van der Waals surface area contributed by atoms with E-state index in [1.54, 1.807) is 0 Å². The SMILES string of the molecule is CCOC(=O)CN(CC)Cc1c(Br)c(CC)nn1CC. The molecule has 0 aliphatic rings. The molecule has 0 aliphatic carbocycles. The van der Waals surface area contributed by atoms with Crippen molar-refractivity contribution in [1.29, 1.82) is 0 Å². The van der Waals surface area contributed by atoms with Gasteiger partial charge in [0.1, 0.15) is 0 Å². The van der Waals surface area contributed by atoms with Gasteiger partial charge in [0.15, 0.2) is 0 Å². The second-order valence-electron chi connectivity index (χ2n) is 4.48. The van der Waals surface area contributed by atoms with Crippen LogP contribution in [0.4, 0.5) is 0 Å². The Bertz CT molecular complexity index is 446. The number of nitrogens with zero attached hydrogens (tertiary/aromatic N) is 3. The molecule has 0 spiro atoms. The summed E-state index contributed by atoms with van der Waals surface area (Å²) in [7, 11) is 0. The third kappa shape index (κ3) is 4.31. The van der Waals surface area contributed by atoms with E-state index in [4.69, 9.17) is 4.74 Å². The lowest BCUT2D eigenvalue weighted by molar-refractivity contribution is -0.144. The Morgan fingerprint density at radius 2 is 2.05 bits per heavy atom. The summed E-state index contributed by atoms with van der Waals surface area (Å²) in [5, 5.41) is 4.58. The number of esters is 1. The Balaban J connectivity index is 2.83. The molecule has 0 amide bonds. The molecule has 0 N–H and O–H groups in total. The monoisotopic (exact) mass is 345 g/mol. The van der Waals surface area contributed by atoms with Crippen molar-refractivity contribution in [2.24, 2.45) is 0 Å². The highest BCUT2D eigenvalue weighted by Crippen LogP contribution is 2.23. The van der Waals surface area contributed by atoms with Crippen molar-refractivity contribution in [2.75, 3.05) is 19.7 Å². The third-order valence-corrected chi connectivity index (χ3v) is 4.09. The molecule has 6 heteroatoms. The van der Waals surface area contributed by atoms with Crippen molar-refractivity contribution in [3.63, 3.8) is 0 Å². The summed E-state index contributed by atoms with van der Waals surface area (Å²) in [5.74, 6) is -0.177. The van der Waals surface area contributed by atoms with Crippen LogP contribution in [-0.2, 0) is 29.0 Å². The molecule has 1 heterocycles. The minimum Gasteiger partial charge on any atom is -0.465 e. The molecule has 5 nitrogen and oxygen atoms in total. The van der Waals surface area contributed by atoms with Gasteiger partial charge in [-0.1, -0.05) is 13.8 Å². The molecule has 1 rings (SSSR count). The summed E-state index contributed by atoms with van der Waals surface area (Å²) in [6.45, 7) is 11.1. The van der Waals surface area contributed by atoms with Crippen LogP contribution in [0.25, 0.3) is 0 Å². The van der Waals surface area contributed by atoms with E-state index in [0.29, 0.717) is 19.7 Å². The van der Waals surface area contributed by atoms with Crippen molar-refractivity contribution in [2.45, 2.75) is 47.2 Å². The Hall–Kier alpha value is -0.880. The first-order chi connectivity index (χ1) is 9.57. The number of halogens is 1. The van der Waals surface area contributed by atoms with Gasteiger partial charge in [-0.05, 0) is 42.7 Å². The van der Waals surface area contributed by atoms with Crippen molar-refractivity contribution in [3.8, 4) is 0 Å². The smallest absolute Gasteiger partial charge is 0.320 e. The second-order valence-corrected chi connectivity index (χ2v) is 5.28. The third-order valence-electron chi connectivity index (χ3n) is 3.17.